The number of hydrogen-bond donors (Lipinski definition) is 1. The summed E-state index contributed by atoms with van der Waals surface area (Å²) < 4.78 is 9.95. The molecule has 0 bridgehead atoms. The SMILES string of the molecule is COc1c(C)cc(C(=O)NC(C)c2ncon2)cc1C. The molecule has 1 N–H and O–H groups in total. The quantitative estimate of drug-likeness (QED) is 0.925. The second kappa shape index (κ2) is 5.73. The summed E-state index contributed by atoms with van der Waals surface area (Å²) in [6, 6.07) is 3.28. The molecule has 1 unspecified atom stereocenters. The molecule has 20 heavy (non-hydrogen) atoms. The molecule has 0 fully saturated rings. The summed E-state index contributed by atoms with van der Waals surface area (Å²) in [6.07, 6.45) is 1.24. The number of methoxy groups -OCH3 is 1. The van der Waals surface area contributed by atoms with Crippen LogP contribution in [-0.4, -0.2) is 23.2 Å². The number of ether oxygens (including phenoxy) is 1. The van der Waals surface area contributed by atoms with Gasteiger partial charge in [-0.15, -0.1) is 0 Å². The molecule has 6 nitrogen and oxygen atoms in total. The Bertz CT molecular complexity index is 585. The molecule has 106 valence electrons. The third-order valence-electron chi connectivity index (χ3n) is 3.04. The van der Waals surface area contributed by atoms with Gasteiger partial charge in [-0.25, -0.2) is 0 Å². The number of aromatic nitrogens is 2. The van der Waals surface area contributed by atoms with Gasteiger partial charge >= 0.3 is 0 Å². The average molecular weight is 275 g/mol. The van der Waals surface area contributed by atoms with E-state index in [4.69, 9.17) is 4.74 Å². The minimum atomic E-state index is -0.316. The molecule has 0 saturated carbocycles. The first-order chi connectivity index (χ1) is 9.52. The Morgan fingerprint density at radius 1 is 1.35 bits per heavy atom. The summed E-state index contributed by atoms with van der Waals surface area (Å²) >= 11 is 0. The Morgan fingerprint density at radius 2 is 2.00 bits per heavy atom. The lowest BCUT2D eigenvalue weighted by molar-refractivity contribution is 0.0937. The maximum atomic E-state index is 12.2. The van der Waals surface area contributed by atoms with Crippen LogP contribution in [0.2, 0.25) is 0 Å². The van der Waals surface area contributed by atoms with E-state index in [0.717, 1.165) is 16.9 Å². The molecule has 1 aromatic heterocycles. The zero-order chi connectivity index (χ0) is 14.7. The van der Waals surface area contributed by atoms with Crippen molar-refractivity contribution in [1.29, 1.82) is 0 Å². The van der Waals surface area contributed by atoms with E-state index in [2.05, 4.69) is 20.0 Å². The molecule has 0 aliphatic rings. The maximum absolute atomic E-state index is 12.2. The van der Waals surface area contributed by atoms with E-state index in [1.165, 1.54) is 6.39 Å². The van der Waals surface area contributed by atoms with E-state index >= 15 is 0 Å². The second-order valence-corrected chi connectivity index (χ2v) is 4.63. The predicted molar refractivity (Wildman–Crippen MR) is 72.6 cm³/mol. The molecule has 0 aliphatic heterocycles. The van der Waals surface area contributed by atoms with Crippen LogP contribution >= 0.6 is 0 Å². The van der Waals surface area contributed by atoms with Crippen LogP contribution in [0.5, 0.6) is 5.75 Å². The standard InChI is InChI=1S/C14H17N3O3/c1-8-5-11(6-9(2)12(8)19-4)14(18)16-10(3)13-15-7-20-17-13/h5-7,10H,1-4H3,(H,16,18). The number of nitrogens with zero attached hydrogens (tertiary/aromatic N) is 2. The molecule has 0 saturated heterocycles. The second-order valence-electron chi connectivity index (χ2n) is 4.63. The van der Waals surface area contributed by atoms with Crippen molar-refractivity contribution >= 4 is 5.91 Å². The third-order valence-corrected chi connectivity index (χ3v) is 3.04. The van der Waals surface area contributed by atoms with Gasteiger partial charge in [0.15, 0.2) is 5.82 Å². The Kier molecular flexibility index (Phi) is 4.02. The minimum Gasteiger partial charge on any atom is -0.496 e. The molecular formula is C14H17N3O3. The van der Waals surface area contributed by atoms with Crippen LogP contribution in [0.3, 0.4) is 0 Å². The van der Waals surface area contributed by atoms with Gasteiger partial charge in [-0.05, 0) is 44.0 Å². The van der Waals surface area contributed by atoms with E-state index in [9.17, 15) is 4.79 Å². The molecule has 0 radical (unpaired) electrons. The molecule has 1 amide bonds. The van der Waals surface area contributed by atoms with Crippen molar-refractivity contribution in [3.63, 3.8) is 0 Å². The summed E-state index contributed by atoms with van der Waals surface area (Å²) in [6.45, 7) is 5.61. The molecule has 1 atom stereocenters. The van der Waals surface area contributed by atoms with Crippen LogP contribution in [0, 0.1) is 13.8 Å². The van der Waals surface area contributed by atoms with Crippen LogP contribution in [0.25, 0.3) is 0 Å². The van der Waals surface area contributed by atoms with Gasteiger partial charge in [-0.2, -0.15) is 4.98 Å². The Hall–Kier alpha value is -2.37. The van der Waals surface area contributed by atoms with E-state index in [0.29, 0.717) is 11.4 Å². The summed E-state index contributed by atoms with van der Waals surface area (Å²) in [5, 5.41) is 6.53. The first-order valence-electron chi connectivity index (χ1n) is 6.25. The number of aryl methyl sites for hydroxylation is 2. The van der Waals surface area contributed by atoms with Gasteiger partial charge in [0.25, 0.3) is 5.91 Å². The van der Waals surface area contributed by atoms with Gasteiger partial charge in [-0.1, -0.05) is 5.16 Å². The highest BCUT2D eigenvalue weighted by atomic mass is 16.5. The number of hydrogen-bond acceptors (Lipinski definition) is 5. The molecule has 0 spiro atoms. The summed E-state index contributed by atoms with van der Waals surface area (Å²) in [5.74, 6) is 1.06. The molecule has 2 aromatic rings. The van der Waals surface area contributed by atoms with Crippen LogP contribution in [0.15, 0.2) is 23.0 Å². The molecule has 0 aliphatic carbocycles. The summed E-state index contributed by atoms with van der Waals surface area (Å²) in [5.41, 5.74) is 2.42. The van der Waals surface area contributed by atoms with Crippen molar-refractivity contribution in [2.24, 2.45) is 0 Å². The fourth-order valence-corrected chi connectivity index (χ4v) is 2.12. The summed E-state index contributed by atoms with van der Waals surface area (Å²) in [4.78, 5) is 16.1. The lowest BCUT2D eigenvalue weighted by Gasteiger charge is -2.13. The van der Waals surface area contributed by atoms with Crippen molar-refractivity contribution in [3.8, 4) is 5.75 Å². The number of rotatable bonds is 4. The normalized spacial score (nSPS) is 12.0. The topological polar surface area (TPSA) is 77.2 Å². The zero-order valence-corrected chi connectivity index (χ0v) is 11.9. The number of benzene rings is 1. The minimum absolute atomic E-state index is 0.184. The Labute approximate surface area is 117 Å². The number of nitrogens with one attached hydrogen (secondary N) is 1. The van der Waals surface area contributed by atoms with Crippen molar-refractivity contribution < 1.29 is 14.1 Å². The van der Waals surface area contributed by atoms with Gasteiger partial charge in [0.05, 0.1) is 13.2 Å². The van der Waals surface area contributed by atoms with Crippen molar-refractivity contribution in [2.45, 2.75) is 26.8 Å². The van der Waals surface area contributed by atoms with Crippen molar-refractivity contribution in [1.82, 2.24) is 15.5 Å². The molecular weight excluding hydrogens is 258 g/mol. The average Bonchev–Trinajstić information content (AvgIpc) is 2.92. The van der Waals surface area contributed by atoms with Gasteiger partial charge < -0.3 is 14.6 Å². The predicted octanol–water partition coefficient (Wildman–Crippen LogP) is 2.19. The first kappa shape index (κ1) is 14.0. The van der Waals surface area contributed by atoms with Crippen LogP contribution in [0.4, 0.5) is 0 Å². The molecule has 2 rings (SSSR count). The van der Waals surface area contributed by atoms with Gasteiger partial charge in [0, 0.05) is 5.56 Å². The monoisotopic (exact) mass is 275 g/mol. The van der Waals surface area contributed by atoms with Crippen LogP contribution in [0.1, 0.15) is 40.3 Å². The highest BCUT2D eigenvalue weighted by Gasteiger charge is 2.16. The fourth-order valence-electron chi connectivity index (χ4n) is 2.12. The van der Waals surface area contributed by atoms with E-state index < -0.39 is 0 Å². The van der Waals surface area contributed by atoms with Gasteiger partial charge in [0.2, 0.25) is 6.39 Å². The number of carbonyl (C=O) groups excluding carboxylic acids is 1. The third kappa shape index (κ3) is 2.79. The van der Waals surface area contributed by atoms with Crippen molar-refractivity contribution in [2.75, 3.05) is 7.11 Å². The smallest absolute Gasteiger partial charge is 0.251 e. The zero-order valence-electron chi connectivity index (χ0n) is 11.9. The van der Waals surface area contributed by atoms with E-state index in [1.807, 2.05) is 13.8 Å². The Morgan fingerprint density at radius 3 is 2.50 bits per heavy atom. The first-order valence-corrected chi connectivity index (χ1v) is 6.25. The molecule has 1 heterocycles. The number of amides is 1. The lowest BCUT2D eigenvalue weighted by atomic mass is 10.0. The highest BCUT2D eigenvalue weighted by Crippen LogP contribution is 2.24. The largest absolute Gasteiger partial charge is 0.496 e. The summed E-state index contributed by atoms with van der Waals surface area (Å²) in [7, 11) is 1.62. The Balaban J connectivity index is 2.17. The van der Waals surface area contributed by atoms with Crippen LogP contribution in [-0.2, 0) is 0 Å². The van der Waals surface area contributed by atoms with Gasteiger partial charge in [-0.3, -0.25) is 4.79 Å². The van der Waals surface area contributed by atoms with Gasteiger partial charge in [0.1, 0.15) is 5.75 Å². The molecule has 1 aromatic carbocycles. The van der Waals surface area contributed by atoms with Crippen molar-refractivity contribution in [3.05, 3.63) is 41.0 Å². The highest BCUT2D eigenvalue weighted by molar-refractivity contribution is 5.95. The molecule has 6 heteroatoms. The van der Waals surface area contributed by atoms with E-state index in [-0.39, 0.29) is 11.9 Å². The lowest BCUT2D eigenvalue weighted by Crippen LogP contribution is -2.27. The van der Waals surface area contributed by atoms with Crippen LogP contribution < -0.4 is 10.1 Å². The van der Waals surface area contributed by atoms with E-state index in [1.54, 1.807) is 26.2 Å². The number of carbonyl (C=O) groups is 1. The fraction of sp³-hybridized carbons (Fsp3) is 0.357. The maximum Gasteiger partial charge on any atom is 0.251 e.